The predicted molar refractivity (Wildman–Crippen MR) is 72.5 cm³/mol. The standard InChI is InChI=1S/C13H25ClN2O/c1-4-15(5-2)8-6-7-11(3)16-10-12(14)9-13(16)17/h11-12H,4-10H2,1-3H3. The molecule has 100 valence electrons. The first-order valence-corrected chi connectivity index (χ1v) is 7.18. The highest BCUT2D eigenvalue weighted by Gasteiger charge is 2.30. The van der Waals surface area contributed by atoms with Crippen LogP contribution in [-0.2, 0) is 4.79 Å². The smallest absolute Gasteiger partial charge is 0.224 e. The molecule has 0 radical (unpaired) electrons. The lowest BCUT2D eigenvalue weighted by Crippen LogP contribution is -2.35. The summed E-state index contributed by atoms with van der Waals surface area (Å²) in [5.41, 5.74) is 0. The van der Waals surface area contributed by atoms with Crippen LogP contribution >= 0.6 is 11.6 Å². The number of carbonyl (C=O) groups excluding carboxylic acids is 1. The van der Waals surface area contributed by atoms with Gasteiger partial charge in [-0.25, -0.2) is 0 Å². The molecule has 17 heavy (non-hydrogen) atoms. The molecule has 0 aliphatic carbocycles. The molecule has 0 bridgehead atoms. The van der Waals surface area contributed by atoms with Crippen molar-refractivity contribution >= 4 is 17.5 Å². The van der Waals surface area contributed by atoms with Crippen molar-refractivity contribution in [2.75, 3.05) is 26.2 Å². The molecule has 2 unspecified atom stereocenters. The number of halogens is 1. The van der Waals surface area contributed by atoms with Crippen molar-refractivity contribution < 1.29 is 4.79 Å². The van der Waals surface area contributed by atoms with Gasteiger partial charge in [0.15, 0.2) is 0 Å². The molecular formula is C13H25ClN2O. The van der Waals surface area contributed by atoms with E-state index in [1.54, 1.807) is 0 Å². The summed E-state index contributed by atoms with van der Waals surface area (Å²) in [6.07, 6.45) is 2.74. The van der Waals surface area contributed by atoms with Gasteiger partial charge in [-0.05, 0) is 39.4 Å². The third-order valence-corrected chi connectivity index (χ3v) is 3.93. The van der Waals surface area contributed by atoms with Gasteiger partial charge in [0.05, 0.1) is 5.38 Å². The Morgan fingerprint density at radius 1 is 1.47 bits per heavy atom. The zero-order chi connectivity index (χ0) is 12.8. The Hall–Kier alpha value is -0.280. The second-order valence-electron chi connectivity index (χ2n) is 4.87. The van der Waals surface area contributed by atoms with Gasteiger partial charge < -0.3 is 9.80 Å². The Morgan fingerprint density at radius 2 is 2.12 bits per heavy atom. The maximum atomic E-state index is 11.7. The lowest BCUT2D eigenvalue weighted by atomic mass is 10.1. The quantitative estimate of drug-likeness (QED) is 0.656. The van der Waals surface area contributed by atoms with Gasteiger partial charge in [-0.1, -0.05) is 13.8 Å². The van der Waals surface area contributed by atoms with E-state index in [9.17, 15) is 4.79 Å². The van der Waals surface area contributed by atoms with Gasteiger partial charge in [-0.3, -0.25) is 4.79 Å². The van der Waals surface area contributed by atoms with E-state index in [1.807, 2.05) is 4.90 Å². The normalized spacial score (nSPS) is 22.5. The lowest BCUT2D eigenvalue weighted by Gasteiger charge is -2.25. The highest BCUT2D eigenvalue weighted by atomic mass is 35.5. The molecule has 1 rings (SSSR count). The summed E-state index contributed by atoms with van der Waals surface area (Å²) in [6.45, 7) is 10.6. The Labute approximate surface area is 110 Å². The average molecular weight is 261 g/mol. The Bertz CT molecular complexity index is 244. The van der Waals surface area contributed by atoms with Crippen molar-refractivity contribution in [3.63, 3.8) is 0 Å². The van der Waals surface area contributed by atoms with Crippen molar-refractivity contribution in [2.24, 2.45) is 0 Å². The molecule has 1 fully saturated rings. The van der Waals surface area contributed by atoms with E-state index in [1.165, 1.54) is 0 Å². The SMILES string of the molecule is CCN(CC)CCCC(C)N1CC(Cl)CC1=O. The van der Waals surface area contributed by atoms with Crippen LogP contribution in [0.3, 0.4) is 0 Å². The summed E-state index contributed by atoms with van der Waals surface area (Å²) >= 11 is 6.00. The van der Waals surface area contributed by atoms with Crippen LogP contribution in [0.25, 0.3) is 0 Å². The van der Waals surface area contributed by atoms with Crippen LogP contribution in [0.4, 0.5) is 0 Å². The van der Waals surface area contributed by atoms with Gasteiger partial charge in [-0.15, -0.1) is 11.6 Å². The highest BCUT2D eigenvalue weighted by molar-refractivity contribution is 6.22. The minimum Gasteiger partial charge on any atom is -0.338 e. The first-order valence-electron chi connectivity index (χ1n) is 6.74. The van der Waals surface area contributed by atoms with E-state index >= 15 is 0 Å². The van der Waals surface area contributed by atoms with E-state index in [4.69, 9.17) is 11.6 Å². The molecule has 3 nitrogen and oxygen atoms in total. The Morgan fingerprint density at radius 3 is 2.59 bits per heavy atom. The minimum atomic E-state index is 0.0210. The number of nitrogens with zero attached hydrogens (tertiary/aromatic N) is 2. The minimum absolute atomic E-state index is 0.0210. The van der Waals surface area contributed by atoms with Crippen LogP contribution < -0.4 is 0 Å². The molecule has 1 saturated heterocycles. The van der Waals surface area contributed by atoms with Crippen molar-refractivity contribution in [2.45, 2.75) is 51.5 Å². The second kappa shape index (κ2) is 7.22. The summed E-state index contributed by atoms with van der Waals surface area (Å²) in [5, 5.41) is 0.0210. The zero-order valence-electron chi connectivity index (χ0n) is 11.3. The molecular weight excluding hydrogens is 236 g/mol. The summed E-state index contributed by atoms with van der Waals surface area (Å²) in [7, 11) is 0. The van der Waals surface area contributed by atoms with Crippen molar-refractivity contribution in [3.8, 4) is 0 Å². The summed E-state index contributed by atoms with van der Waals surface area (Å²) < 4.78 is 0. The van der Waals surface area contributed by atoms with Crippen molar-refractivity contribution in [1.29, 1.82) is 0 Å². The van der Waals surface area contributed by atoms with Crippen LogP contribution in [0.2, 0.25) is 0 Å². The van der Waals surface area contributed by atoms with E-state index in [0.717, 1.165) is 39.0 Å². The first kappa shape index (κ1) is 14.8. The molecule has 1 heterocycles. The fourth-order valence-corrected chi connectivity index (χ4v) is 2.70. The lowest BCUT2D eigenvalue weighted by molar-refractivity contribution is -0.129. The number of amides is 1. The maximum absolute atomic E-state index is 11.7. The van der Waals surface area contributed by atoms with Gasteiger partial charge in [0, 0.05) is 19.0 Å². The molecule has 0 aromatic carbocycles. The van der Waals surface area contributed by atoms with Gasteiger partial charge in [-0.2, -0.15) is 0 Å². The molecule has 2 atom stereocenters. The van der Waals surface area contributed by atoms with E-state index < -0.39 is 0 Å². The summed E-state index contributed by atoms with van der Waals surface area (Å²) in [5.74, 6) is 0.223. The van der Waals surface area contributed by atoms with Crippen LogP contribution in [-0.4, -0.2) is 53.3 Å². The molecule has 0 saturated carbocycles. The zero-order valence-corrected chi connectivity index (χ0v) is 12.0. The topological polar surface area (TPSA) is 23.6 Å². The number of hydrogen-bond acceptors (Lipinski definition) is 2. The second-order valence-corrected chi connectivity index (χ2v) is 5.48. The van der Waals surface area contributed by atoms with Gasteiger partial charge in [0.1, 0.15) is 0 Å². The fraction of sp³-hybridized carbons (Fsp3) is 0.923. The Kier molecular flexibility index (Phi) is 6.28. The fourth-order valence-electron chi connectivity index (χ4n) is 2.42. The number of rotatable bonds is 7. The van der Waals surface area contributed by atoms with Crippen LogP contribution in [0.1, 0.15) is 40.0 Å². The molecule has 1 aliphatic rings. The molecule has 1 aliphatic heterocycles. The molecule has 0 aromatic rings. The first-order chi connectivity index (χ1) is 8.08. The van der Waals surface area contributed by atoms with E-state index in [-0.39, 0.29) is 11.3 Å². The Balaban J connectivity index is 2.25. The molecule has 1 amide bonds. The van der Waals surface area contributed by atoms with E-state index in [2.05, 4.69) is 25.7 Å². The molecule has 0 aromatic heterocycles. The molecule has 4 heteroatoms. The number of hydrogen-bond donors (Lipinski definition) is 0. The van der Waals surface area contributed by atoms with Crippen LogP contribution in [0.5, 0.6) is 0 Å². The van der Waals surface area contributed by atoms with Gasteiger partial charge >= 0.3 is 0 Å². The molecule has 0 N–H and O–H groups in total. The summed E-state index contributed by atoms with van der Waals surface area (Å²) in [4.78, 5) is 16.0. The number of carbonyl (C=O) groups is 1. The molecule has 0 spiro atoms. The van der Waals surface area contributed by atoms with Crippen molar-refractivity contribution in [1.82, 2.24) is 9.80 Å². The van der Waals surface area contributed by atoms with Gasteiger partial charge in [0.2, 0.25) is 5.91 Å². The van der Waals surface area contributed by atoms with Gasteiger partial charge in [0.25, 0.3) is 0 Å². The van der Waals surface area contributed by atoms with Crippen molar-refractivity contribution in [3.05, 3.63) is 0 Å². The number of likely N-dealkylation sites (tertiary alicyclic amines) is 1. The van der Waals surface area contributed by atoms with Crippen LogP contribution in [0, 0.1) is 0 Å². The predicted octanol–water partition coefficient (Wildman–Crippen LogP) is 2.34. The average Bonchev–Trinajstić information content (AvgIpc) is 2.64. The largest absolute Gasteiger partial charge is 0.338 e. The van der Waals surface area contributed by atoms with E-state index in [0.29, 0.717) is 12.5 Å². The maximum Gasteiger partial charge on any atom is 0.224 e. The third-order valence-electron chi connectivity index (χ3n) is 3.63. The monoisotopic (exact) mass is 260 g/mol. The summed E-state index contributed by atoms with van der Waals surface area (Å²) in [6, 6.07) is 0.335. The number of alkyl halides is 1. The highest BCUT2D eigenvalue weighted by Crippen LogP contribution is 2.20. The third kappa shape index (κ3) is 4.47. The van der Waals surface area contributed by atoms with Crippen LogP contribution in [0.15, 0.2) is 0 Å².